The molecule has 0 unspecified atom stereocenters. The number of piperazine rings is 1. The lowest BCUT2D eigenvalue weighted by molar-refractivity contribution is -0.274. The Morgan fingerprint density at radius 3 is 2.40 bits per heavy atom. The van der Waals surface area contributed by atoms with Gasteiger partial charge in [-0.3, -0.25) is 19.4 Å². The van der Waals surface area contributed by atoms with Gasteiger partial charge in [0.15, 0.2) is 0 Å². The van der Waals surface area contributed by atoms with Crippen LogP contribution in [0.4, 0.5) is 23.7 Å². The molecule has 0 bridgehead atoms. The van der Waals surface area contributed by atoms with Gasteiger partial charge in [0.25, 0.3) is 5.91 Å². The Morgan fingerprint density at radius 1 is 1.11 bits per heavy atom. The molecule has 2 aliphatic heterocycles. The van der Waals surface area contributed by atoms with E-state index in [2.05, 4.69) is 15.4 Å². The van der Waals surface area contributed by atoms with E-state index in [0.29, 0.717) is 38.3 Å². The smallest absolute Gasteiger partial charge is 0.406 e. The van der Waals surface area contributed by atoms with Gasteiger partial charge in [0, 0.05) is 31.9 Å². The van der Waals surface area contributed by atoms with Gasteiger partial charge in [-0.1, -0.05) is 19.8 Å². The molecule has 35 heavy (non-hydrogen) atoms. The summed E-state index contributed by atoms with van der Waals surface area (Å²) in [6, 6.07) is 4.62. The number of urea groups is 1. The first kappa shape index (κ1) is 25.2. The van der Waals surface area contributed by atoms with E-state index in [-0.39, 0.29) is 42.7 Å². The Kier molecular flexibility index (Phi) is 7.22. The van der Waals surface area contributed by atoms with Gasteiger partial charge >= 0.3 is 12.4 Å². The van der Waals surface area contributed by atoms with E-state index in [0.717, 1.165) is 31.4 Å². The predicted octanol–water partition coefficient (Wildman–Crippen LogP) is 2.60. The Hall–Kier alpha value is -2.86. The van der Waals surface area contributed by atoms with Crippen LogP contribution in [0.15, 0.2) is 24.3 Å². The molecule has 3 fully saturated rings. The highest BCUT2D eigenvalue weighted by Gasteiger charge is 2.55. The number of nitrogens with zero attached hydrogens (tertiary/aromatic N) is 3. The van der Waals surface area contributed by atoms with Crippen molar-refractivity contribution in [1.82, 2.24) is 20.0 Å². The molecule has 9 nitrogen and oxygen atoms in total. The highest BCUT2D eigenvalue weighted by molar-refractivity contribution is 6.07. The summed E-state index contributed by atoms with van der Waals surface area (Å²) in [5.41, 5.74) is -0.403. The van der Waals surface area contributed by atoms with Crippen LogP contribution < -0.4 is 15.4 Å². The zero-order valence-electron chi connectivity index (χ0n) is 19.6. The quantitative estimate of drug-likeness (QED) is 0.587. The molecule has 2 N–H and O–H groups in total. The van der Waals surface area contributed by atoms with Gasteiger partial charge in [-0.15, -0.1) is 13.2 Å². The van der Waals surface area contributed by atoms with Crippen LogP contribution in [0.25, 0.3) is 0 Å². The molecule has 4 rings (SSSR count). The van der Waals surface area contributed by atoms with Gasteiger partial charge < -0.3 is 15.4 Å². The Labute approximate surface area is 201 Å². The van der Waals surface area contributed by atoms with E-state index in [1.165, 1.54) is 17.0 Å². The largest absolute Gasteiger partial charge is 0.573 e. The minimum atomic E-state index is -4.77. The maximum Gasteiger partial charge on any atom is 0.573 e. The first-order valence-corrected chi connectivity index (χ1v) is 11.8. The number of alkyl halides is 3. The third kappa shape index (κ3) is 5.87. The molecule has 192 valence electrons. The summed E-state index contributed by atoms with van der Waals surface area (Å²) in [5, 5.41) is 5.63. The number of nitrogens with one attached hydrogen (secondary N) is 2. The van der Waals surface area contributed by atoms with Crippen LogP contribution in [-0.4, -0.2) is 83.8 Å². The molecular formula is C23H30F3N5O4. The number of anilines is 1. The fourth-order valence-corrected chi connectivity index (χ4v) is 5.06. The van der Waals surface area contributed by atoms with Crippen molar-refractivity contribution in [2.24, 2.45) is 5.92 Å². The normalized spacial score (nSPS) is 26.2. The number of benzene rings is 1. The molecule has 2 saturated heterocycles. The van der Waals surface area contributed by atoms with Gasteiger partial charge in [-0.05, 0) is 43.0 Å². The molecule has 4 amide bonds. The molecule has 12 heteroatoms. The Morgan fingerprint density at radius 2 is 1.77 bits per heavy atom. The molecule has 1 spiro atoms. The fourth-order valence-electron chi connectivity index (χ4n) is 5.06. The van der Waals surface area contributed by atoms with Crippen molar-refractivity contribution in [3.8, 4) is 5.75 Å². The minimum absolute atomic E-state index is 0.112. The average Bonchev–Trinajstić information content (AvgIpc) is 3.02. The van der Waals surface area contributed by atoms with Crippen LogP contribution in [-0.2, 0) is 9.59 Å². The Balaban J connectivity index is 1.22. The first-order valence-electron chi connectivity index (χ1n) is 11.8. The number of ether oxygens (including phenoxy) is 1. The highest BCUT2D eigenvalue weighted by atomic mass is 19.4. The van der Waals surface area contributed by atoms with E-state index >= 15 is 0 Å². The standard InChI is InChI=1S/C23H30F3N5O4/c1-16-4-2-3-9-22(16)20(33)31(21(34)28-22)15-30-12-10-29(11-13-30)14-19(32)27-17-5-7-18(8-6-17)35-23(24,25)26/h5-8,16H,2-4,9-15H2,1H3,(H,27,32)(H,28,34)/t16-,22-/m0/s1. The summed E-state index contributed by atoms with van der Waals surface area (Å²) in [6.45, 7) is 4.72. The van der Waals surface area contributed by atoms with Gasteiger partial charge in [-0.2, -0.15) is 0 Å². The van der Waals surface area contributed by atoms with Crippen molar-refractivity contribution in [2.45, 2.75) is 44.5 Å². The fraction of sp³-hybridized carbons (Fsp3) is 0.609. The summed E-state index contributed by atoms with van der Waals surface area (Å²) in [4.78, 5) is 43.4. The number of rotatable bonds is 6. The van der Waals surface area contributed by atoms with E-state index in [4.69, 9.17) is 0 Å². The summed E-state index contributed by atoms with van der Waals surface area (Å²) in [6.07, 6.45) is -1.17. The molecule has 1 aromatic carbocycles. The van der Waals surface area contributed by atoms with Crippen LogP contribution in [0.5, 0.6) is 5.75 Å². The van der Waals surface area contributed by atoms with Gasteiger partial charge in [0.05, 0.1) is 13.2 Å². The lowest BCUT2D eigenvalue weighted by atomic mass is 9.73. The number of carbonyl (C=O) groups is 3. The second-order valence-corrected chi connectivity index (χ2v) is 9.44. The second-order valence-electron chi connectivity index (χ2n) is 9.44. The topological polar surface area (TPSA) is 94.2 Å². The molecule has 0 aromatic heterocycles. The first-order chi connectivity index (χ1) is 16.6. The van der Waals surface area contributed by atoms with Crippen molar-refractivity contribution in [3.05, 3.63) is 24.3 Å². The van der Waals surface area contributed by atoms with Crippen molar-refractivity contribution >= 4 is 23.5 Å². The molecule has 1 aliphatic carbocycles. The SMILES string of the molecule is C[C@H]1CCCC[C@]12NC(=O)N(CN1CCN(CC(=O)Nc3ccc(OC(F)(F)F)cc3)CC1)C2=O. The highest BCUT2D eigenvalue weighted by Crippen LogP contribution is 2.38. The third-order valence-corrected chi connectivity index (χ3v) is 7.05. The van der Waals surface area contributed by atoms with Crippen LogP contribution in [0.1, 0.15) is 32.6 Å². The number of halogens is 3. The number of hydrogen-bond acceptors (Lipinski definition) is 6. The van der Waals surface area contributed by atoms with E-state index < -0.39 is 11.9 Å². The summed E-state index contributed by atoms with van der Waals surface area (Å²) >= 11 is 0. The summed E-state index contributed by atoms with van der Waals surface area (Å²) in [7, 11) is 0. The number of carbonyl (C=O) groups excluding carboxylic acids is 3. The lowest BCUT2D eigenvalue weighted by Gasteiger charge is -2.38. The maximum absolute atomic E-state index is 13.1. The van der Waals surface area contributed by atoms with E-state index in [1.54, 1.807) is 0 Å². The summed E-state index contributed by atoms with van der Waals surface area (Å²) < 4.78 is 40.6. The van der Waals surface area contributed by atoms with Crippen LogP contribution in [0, 0.1) is 5.92 Å². The van der Waals surface area contributed by atoms with E-state index in [9.17, 15) is 27.6 Å². The van der Waals surface area contributed by atoms with Gasteiger partial charge in [0.2, 0.25) is 5.91 Å². The van der Waals surface area contributed by atoms with Crippen LogP contribution >= 0.6 is 0 Å². The summed E-state index contributed by atoms with van der Waals surface area (Å²) in [5.74, 6) is -0.671. The molecule has 2 heterocycles. The maximum atomic E-state index is 13.1. The van der Waals surface area contributed by atoms with Crippen molar-refractivity contribution < 1.29 is 32.3 Å². The van der Waals surface area contributed by atoms with Gasteiger partial charge in [-0.25, -0.2) is 9.69 Å². The van der Waals surface area contributed by atoms with Crippen LogP contribution in [0.3, 0.4) is 0 Å². The monoisotopic (exact) mass is 497 g/mol. The second kappa shape index (κ2) is 10.0. The third-order valence-electron chi connectivity index (χ3n) is 7.05. The molecular weight excluding hydrogens is 467 g/mol. The van der Waals surface area contributed by atoms with E-state index in [1.807, 2.05) is 16.7 Å². The minimum Gasteiger partial charge on any atom is -0.406 e. The molecule has 2 atom stereocenters. The lowest BCUT2D eigenvalue weighted by Crippen LogP contribution is -2.55. The van der Waals surface area contributed by atoms with Crippen LogP contribution in [0.2, 0.25) is 0 Å². The predicted molar refractivity (Wildman–Crippen MR) is 120 cm³/mol. The molecule has 0 radical (unpaired) electrons. The number of imide groups is 1. The molecule has 1 saturated carbocycles. The number of hydrogen-bond donors (Lipinski definition) is 2. The molecule has 3 aliphatic rings. The average molecular weight is 498 g/mol. The van der Waals surface area contributed by atoms with Gasteiger partial charge in [0.1, 0.15) is 11.3 Å². The van der Waals surface area contributed by atoms with Crippen molar-refractivity contribution in [1.29, 1.82) is 0 Å². The van der Waals surface area contributed by atoms with Crippen molar-refractivity contribution in [3.63, 3.8) is 0 Å². The molecule has 1 aromatic rings. The zero-order chi connectivity index (χ0) is 25.2. The Bertz CT molecular complexity index is 949. The number of amides is 4. The van der Waals surface area contributed by atoms with Crippen molar-refractivity contribution in [2.75, 3.05) is 44.7 Å². The zero-order valence-corrected chi connectivity index (χ0v) is 19.6.